The van der Waals surface area contributed by atoms with Crippen molar-refractivity contribution in [2.45, 2.75) is 45.8 Å². The van der Waals surface area contributed by atoms with E-state index in [4.69, 9.17) is 11.6 Å². The van der Waals surface area contributed by atoms with Crippen LogP contribution in [0.25, 0.3) is 0 Å². The summed E-state index contributed by atoms with van der Waals surface area (Å²) in [4.78, 5) is 11.8. The lowest BCUT2D eigenvalue weighted by Crippen LogP contribution is -2.45. The van der Waals surface area contributed by atoms with Gasteiger partial charge in [-0.05, 0) is 31.9 Å². The number of amides is 1. The van der Waals surface area contributed by atoms with Crippen LogP contribution in [0.15, 0.2) is 24.3 Å². The molecule has 4 heteroatoms. The van der Waals surface area contributed by atoms with Crippen molar-refractivity contribution in [1.82, 2.24) is 10.6 Å². The van der Waals surface area contributed by atoms with Crippen LogP contribution >= 0.6 is 11.6 Å². The first-order valence-corrected chi connectivity index (χ1v) is 6.69. The van der Waals surface area contributed by atoms with E-state index in [0.717, 1.165) is 17.0 Å². The second-order valence-electron chi connectivity index (χ2n) is 4.51. The normalized spacial score (nSPS) is 14.0. The van der Waals surface area contributed by atoms with Gasteiger partial charge < -0.3 is 10.6 Å². The van der Waals surface area contributed by atoms with Gasteiger partial charge in [-0.2, -0.15) is 0 Å². The van der Waals surface area contributed by atoms with E-state index in [1.165, 1.54) is 0 Å². The molecule has 0 heterocycles. The number of hydrogen-bond donors (Lipinski definition) is 2. The number of benzene rings is 1. The molecule has 0 aromatic heterocycles. The van der Waals surface area contributed by atoms with E-state index >= 15 is 0 Å². The fourth-order valence-electron chi connectivity index (χ4n) is 1.47. The van der Waals surface area contributed by atoms with Gasteiger partial charge >= 0.3 is 0 Å². The fourth-order valence-corrected chi connectivity index (χ4v) is 1.67. The van der Waals surface area contributed by atoms with Crippen molar-refractivity contribution in [3.63, 3.8) is 0 Å². The average molecular weight is 269 g/mol. The molecular formula is C14H21ClN2O. The maximum absolute atomic E-state index is 11.8. The maximum atomic E-state index is 11.8. The first-order valence-electron chi connectivity index (χ1n) is 6.31. The summed E-state index contributed by atoms with van der Waals surface area (Å²) in [5, 5.41) is 6.84. The third-order valence-electron chi connectivity index (χ3n) is 2.95. The predicted molar refractivity (Wildman–Crippen MR) is 75.6 cm³/mol. The molecule has 18 heavy (non-hydrogen) atoms. The van der Waals surface area contributed by atoms with Crippen molar-refractivity contribution in [2.24, 2.45) is 0 Å². The molecule has 0 aliphatic rings. The smallest absolute Gasteiger partial charge is 0.237 e. The maximum Gasteiger partial charge on any atom is 0.237 e. The number of hydrogen-bond acceptors (Lipinski definition) is 2. The summed E-state index contributed by atoms with van der Waals surface area (Å²) in [7, 11) is 0. The Hall–Kier alpha value is -1.06. The highest BCUT2D eigenvalue weighted by molar-refractivity contribution is 6.31. The van der Waals surface area contributed by atoms with Crippen LogP contribution in [-0.2, 0) is 11.3 Å². The van der Waals surface area contributed by atoms with Crippen molar-refractivity contribution >= 4 is 17.5 Å². The second kappa shape index (κ2) is 7.39. The Morgan fingerprint density at radius 2 is 2.00 bits per heavy atom. The number of rotatable bonds is 6. The Labute approximate surface area is 114 Å². The highest BCUT2D eigenvalue weighted by atomic mass is 35.5. The minimum atomic E-state index is -0.227. The first-order chi connectivity index (χ1) is 8.54. The molecule has 0 aliphatic heterocycles. The van der Waals surface area contributed by atoms with Crippen LogP contribution in [-0.4, -0.2) is 18.0 Å². The third kappa shape index (κ3) is 4.67. The summed E-state index contributed by atoms with van der Waals surface area (Å²) >= 11 is 6.05. The van der Waals surface area contributed by atoms with Crippen LogP contribution in [0.1, 0.15) is 32.8 Å². The summed E-state index contributed by atoms with van der Waals surface area (Å²) in [6, 6.07) is 7.62. The molecular weight excluding hydrogens is 248 g/mol. The topological polar surface area (TPSA) is 41.1 Å². The zero-order valence-electron chi connectivity index (χ0n) is 11.2. The first kappa shape index (κ1) is 15.0. The second-order valence-corrected chi connectivity index (χ2v) is 4.92. The standard InChI is InChI=1S/C14H21ClN2O/c1-4-10(2)17-14(18)11(3)16-9-12-7-5-6-8-13(12)15/h5-8,10-11,16H,4,9H2,1-3H3,(H,17,18). The summed E-state index contributed by atoms with van der Waals surface area (Å²) in [5.41, 5.74) is 1.00. The largest absolute Gasteiger partial charge is 0.352 e. The summed E-state index contributed by atoms with van der Waals surface area (Å²) < 4.78 is 0. The lowest BCUT2D eigenvalue weighted by Gasteiger charge is -2.17. The van der Waals surface area contributed by atoms with Crippen molar-refractivity contribution in [3.05, 3.63) is 34.9 Å². The molecule has 0 saturated carbocycles. The Kier molecular flexibility index (Phi) is 6.16. The summed E-state index contributed by atoms with van der Waals surface area (Å²) in [6.45, 7) is 6.49. The third-order valence-corrected chi connectivity index (χ3v) is 3.32. The lowest BCUT2D eigenvalue weighted by atomic mass is 10.2. The number of carbonyl (C=O) groups excluding carboxylic acids is 1. The van der Waals surface area contributed by atoms with Crippen LogP contribution < -0.4 is 10.6 Å². The summed E-state index contributed by atoms with van der Waals surface area (Å²) in [5.74, 6) is 0.0244. The Bertz CT molecular complexity index is 395. The molecule has 1 aromatic carbocycles. The van der Waals surface area contributed by atoms with E-state index in [9.17, 15) is 4.79 Å². The van der Waals surface area contributed by atoms with Gasteiger partial charge in [-0.3, -0.25) is 4.79 Å². The highest BCUT2D eigenvalue weighted by Gasteiger charge is 2.14. The molecule has 2 unspecified atom stereocenters. The van der Waals surface area contributed by atoms with Gasteiger partial charge in [0.05, 0.1) is 6.04 Å². The number of halogens is 1. The molecule has 2 atom stereocenters. The van der Waals surface area contributed by atoms with Crippen LogP contribution in [0.3, 0.4) is 0 Å². The monoisotopic (exact) mass is 268 g/mol. The van der Waals surface area contributed by atoms with Gasteiger partial charge in [0, 0.05) is 17.6 Å². The van der Waals surface area contributed by atoms with Gasteiger partial charge in [0.15, 0.2) is 0 Å². The predicted octanol–water partition coefficient (Wildman–Crippen LogP) is 2.73. The van der Waals surface area contributed by atoms with Crippen molar-refractivity contribution in [3.8, 4) is 0 Å². The molecule has 0 fully saturated rings. The van der Waals surface area contributed by atoms with Gasteiger partial charge in [-0.25, -0.2) is 0 Å². The number of carbonyl (C=O) groups is 1. The molecule has 100 valence electrons. The van der Waals surface area contributed by atoms with Crippen molar-refractivity contribution < 1.29 is 4.79 Å². The van der Waals surface area contributed by atoms with E-state index in [1.54, 1.807) is 0 Å². The minimum Gasteiger partial charge on any atom is -0.352 e. The molecule has 0 spiro atoms. The molecule has 0 aliphatic carbocycles. The number of nitrogens with one attached hydrogen (secondary N) is 2. The molecule has 1 aromatic rings. The van der Waals surface area contributed by atoms with Crippen LogP contribution in [0.2, 0.25) is 5.02 Å². The highest BCUT2D eigenvalue weighted by Crippen LogP contribution is 2.14. The van der Waals surface area contributed by atoms with E-state index in [2.05, 4.69) is 10.6 Å². The van der Waals surface area contributed by atoms with Crippen molar-refractivity contribution in [1.29, 1.82) is 0 Å². The Morgan fingerprint density at radius 3 is 2.61 bits per heavy atom. The average Bonchev–Trinajstić information content (AvgIpc) is 2.37. The van der Waals surface area contributed by atoms with E-state index < -0.39 is 0 Å². The van der Waals surface area contributed by atoms with Gasteiger partial charge in [-0.1, -0.05) is 36.7 Å². The zero-order chi connectivity index (χ0) is 13.5. The Morgan fingerprint density at radius 1 is 1.33 bits per heavy atom. The summed E-state index contributed by atoms with van der Waals surface area (Å²) in [6.07, 6.45) is 0.934. The SMILES string of the molecule is CCC(C)NC(=O)C(C)NCc1ccccc1Cl. The molecule has 1 amide bonds. The van der Waals surface area contributed by atoms with Gasteiger partial charge in [0.1, 0.15) is 0 Å². The van der Waals surface area contributed by atoms with Gasteiger partial charge in [0.2, 0.25) is 5.91 Å². The fraction of sp³-hybridized carbons (Fsp3) is 0.500. The Balaban J connectivity index is 2.44. The van der Waals surface area contributed by atoms with Crippen molar-refractivity contribution in [2.75, 3.05) is 0 Å². The van der Waals surface area contributed by atoms with Gasteiger partial charge in [-0.15, -0.1) is 0 Å². The van der Waals surface area contributed by atoms with E-state index in [0.29, 0.717) is 6.54 Å². The van der Waals surface area contributed by atoms with E-state index in [1.807, 2.05) is 45.0 Å². The molecule has 1 rings (SSSR count). The lowest BCUT2D eigenvalue weighted by molar-refractivity contribution is -0.123. The van der Waals surface area contributed by atoms with Crippen LogP contribution in [0.4, 0.5) is 0 Å². The molecule has 0 saturated heterocycles. The van der Waals surface area contributed by atoms with Crippen LogP contribution in [0, 0.1) is 0 Å². The molecule has 0 radical (unpaired) electrons. The quantitative estimate of drug-likeness (QED) is 0.833. The molecule has 0 bridgehead atoms. The zero-order valence-corrected chi connectivity index (χ0v) is 11.9. The minimum absolute atomic E-state index is 0.0244. The van der Waals surface area contributed by atoms with Crippen LogP contribution in [0.5, 0.6) is 0 Å². The molecule has 3 nitrogen and oxygen atoms in total. The molecule has 2 N–H and O–H groups in total. The van der Waals surface area contributed by atoms with Gasteiger partial charge in [0.25, 0.3) is 0 Å². The van der Waals surface area contributed by atoms with E-state index in [-0.39, 0.29) is 18.0 Å².